The number of nitrogens with zero attached hydrogens (tertiary/aromatic N) is 4. The lowest BCUT2D eigenvalue weighted by Gasteiger charge is -2.36. The molecule has 0 saturated carbocycles. The minimum absolute atomic E-state index is 0.0118. The van der Waals surface area contributed by atoms with Gasteiger partial charge in [0.1, 0.15) is 17.3 Å². The summed E-state index contributed by atoms with van der Waals surface area (Å²) in [5.41, 5.74) is 3.12. The van der Waals surface area contributed by atoms with Gasteiger partial charge in [-0.3, -0.25) is 19.5 Å². The first-order chi connectivity index (χ1) is 16.1. The van der Waals surface area contributed by atoms with Gasteiger partial charge >= 0.3 is 0 Å². The molecule has 170 valence electrons. The van der Waals surface area contributed by atoms with E-state index in [2.05, 4.69) is 4.98 Å². The summed E-state index contributed by atoms with van der Waals surface area (Å²) in [4.78, 5) is 38.8. The Bertz CT molecular complexity index is 1160. The number of thiazole rings is 1. The van der Waals surface area contributed by atoms with Crippen molar-refractivity contribution in [3.8, 4) is 27.7 Å². The molecule has 2 aliphatic heterocycles. The third-order valence-electron chi connectivity index (χ3n) is 6.12. The van der Waals surface area contributed by atoms with Crippen LogP contribution < -0.4 is 9.64 Å². The van der Waals surface area contributed by atoms with Gasteiger partial charge in [-0.15, -0.1) is 11.3 Å². The summed E-state index contributed by atoms with van der Waals surface area (Å²) >= 11 is 1.52. The average molecular weight is 463 g/mol. The molecule has 0 N–H and O–H groups in total. The van der Waals surface area contributed by atoms with Crippen molar-refractivity contribution in [3.05, 3.63) is 48.0 Å². The van der Waals surface area contributed by atoms with E-state index in [0.717, 1.165) is 54.3 Å². The van der Waals surface area contributed by atoms with Gasteiger partial charge in [-0.2, -0.15) is 0 Å². The molecule has 1 aromatic carbocycles. The zero-order chi connectivity index (χ0) is 22.8. The van der Waals surface area contributed by atoms with Crippen LogP contribution in [-0.2, 0) is 9.59 Å². The number of carbonyl (C=O) groups is 2. The summed E-state index contributed by atoms with van der Waals surface area (Å²) in [7, 11) is 0. The van der Waals surface area contributed by atoms with Crippen molar-refractivity contribution in [2.45, 2.75) is 38.7 Å². The Hall–Kier alpha value is -3.26. The lowest BCUT2D eigenvalue weighted by atomic mass is 10.1. The van der Waals surface area contributed by atoms with E-state index < -0.39 is 6.10 Å². The van der Waals surface area contributed by atoms with Gasteiger partial charge < -0.3 is 9.64 Å². The van der Waals surface area contributed by atoms with Crippen molar-refractivity contribution in [1.29, 1.82) is 0 Å². The second-order valence-electron chi connectivity index (χ2n) is 8.32. The maximum atomic E-state index is 13.2. The largest absolute Gasteiger partial charge is 0.478 e. The van der Waals surface area contributed by atoms with Gasteiger partial charge in [0.25, 0.3) is 5.91 Å². The van der Waals surface area contributed by atoms with E-state index in [4.69, 9.17) is 9.72 Å². The summed E-state index contributed by atoms with van der Waals surface area (Å²) in [6.07, 6.45) is 4.91. The van der Waals surface area contributed by atoms with Crippen molar-refractivity contribution in [1.82, 2.24) is 14.9 Å². The molecule has 33 heavy (non-hydrogen) atoms. The van der Waals surface area contributed by atoms with E-state index in [1.54, 1.807) is 11.1 Å². The molecule has 4 heterocycles. The zero-order valence-electron chi connectivity index (χ0n) is 18.6. The van der Waals surface area contributed by atoms with Crippen LogP contribution in [-0.4, -0.2) is 52.4 Å². The highest BCUT2D eigenvalue weighted by Crippen LogP contribution is 2.39. The van der Waals surface area contributed by atoms with E-state index >= 15 is 0 Å². The van der Waals surface area contributed by atoms with Crippen LogP contribution in [0.5, 0.6) is 5.75 Å². The summed E-state index contributed by atoms with van der Waals surface area (Å²) in [5.74, 6) is 0.444. The Kier molecular flexibility index (Phi) is 6.09. The number of aromatic nitrogens is 2. The molecular weight excluding hydrogens is 436 g/mol. The van der Waals surface area contributed by atoms with Crippen LogP contribution in [0.2, 0.25) is 0 Å². The SMILES string of the molecule is CCC1Oc2ccc(-c3csc(-c4ccccn4)n3)cc2N(CC(=O)N2CCCCC2)C1=O. The topological polar surface area (TPSA) is 75.6 Å². The molecular formula is C25H26N4O3S. The Labute approximate surface area is 197 Å². The van der Waals surface area contributed by atoms with E-state index in [9.17, 15) is 9.59 Å². The third-order valence-corrected chi connectivity index (χ3v) is 6.98. The first-order valence-corrected chi connectivity index (χ1v) is 12.3. The fourth-order valence-electron chi connectivity index (χ4n) is 4.30. The number of piperidine rings is 1. The predicted octanol–water partition coefficient (Wildman–Crippen LogP) is 4.39. The lowest BCUT2D eigenvalue weighted by molar-refractivity contribution is -0.134. The van der Waals surface area contributed by atoms with Gasteiger partial charge in [0.2, 0.25) is 5.91 Å². The Balaban J connectivity index is 1.46. The number of amides is 2. The van der Waals surface area contributed by atoms with Gasteiger partial charge in [0.15, 0.2) is 6.10 Å². The minimum Gasteiger partial charge on any atom is -0.478 e. The first kappa shape index (κ1) is 21.6. The fourth-order valence-corrected chi connectivity index (χ4v) is 5.10. The molecule has 0 spiro atoms. The van der Waals surface area contributed by atoms with Crippen molar-refractivity contribution >= 4 is 28.8 Å². The predicted molar refractivity (Wildman–Crippen MR) is 128 cm³/mol. The van der Waals surface area contributed by atoms with Crippen molar-refractivity contribution in [2.75, 3.05) is 24.5 Å². The van der Waals surface area contributed by atoms with Gasteiger partial charge in [0, 0.05) is 30.2 Å². The highest BCUT2D eigenvalue weighted by Gasteiger charge is 2.35. The van der Waals surface area contributed by atoms with Crippen LogP contribution in [0.4, 0.5) is 5.69 Å². The molecule has 0 aliphatic carbocycles. The Morgan fingerprint density at radius 1 is 1.15 bits per heavy atom. The Morgan fingerprint density at radius 2 is 2.00 bits per heavy atom. The van der Waals surface area contributed by atoms with Crippen LogP contribution in [0.3, 0.4) is 0 Å². The summed E-state index contributed by atoms with van der Waals surface area (Å²) in [6, 6.07) is 11.5. The van der Waals surface area contributed by atoms with Gasteiger partial charge in [-0.05, 0) is 56.0 Å². The lowest BCUT2D eigenvalue weighted by Crippen LogP contribution is -2.51. The molecule has 3 aromatic rings. The smallest absolute Gasteiger partial charge is 0.268 e. The minimum atomic E-state index is -0.576. The van der Waals surface area contributed by atoms with Crippen molar-refractivity contribution in [2.24, 2.45) is 0 Å². The first-order valence-electron chi connectivity index (χ1n) is 11.4. The molecule has 1 atom stereocenters. The molecule has 8 heteroatoms. The monoisotopic (exact) mass is 462 g/mol. The second kappa shape index (κ2) is 9.31. The third kappa shape index (κ3) is 4.35. The van der Waals surface area contributed by atoms with Crippen LogP contribution in [0.25, 0.3) is 22.0 Å². The summed E-state index contributed by atoms with van der Waals surface area (Å²) in [5, 5.41) is 2.81. The maximum absolute atomic E-state index is 13.2. The van der Waals surface area contributed by atoms with E-state index in [1.807, 2.05) is 53.6 Å². The highest BCUT2D eigenvalue weighted by atomic mass is 32.1. The zero-order valence-corrected chi connectivity index (χ0v) is 19.4. The number of hydrogen-bond acceptors (Lipinski definition) is 6. The molecule has 2 aromatic heterocycles. The van der Waals surface area contributed by atoms with Crippen LogP contribution in [0, 0.1) is 0 Å². The summed E-state index contributed by atoms with van der Waals surface area (Å²) in [6.45, 7) is 3.47. The maximum Gasteiger partial charge on any atom is 0.268 e. The average Bonchev–Trinajstić information content (AvgIpc) is 3.37. The quantitative estimate of drug-likeness (QED) is 0.562. The number of pyridine rings is 1. The molecule has 7 nitrogen and oxygen atoms in total. The fraction of sp³-hybridized carbons (Fsp3) is 0.360. The number of fused-ring (bicyclic) bond motifs is 1. The van der Waals surface area contributed by atoms with Gasteiger partial charge in [0.05, 0.1) is 17.1 Å². The highest BCUT2D eigenvalue weighted by molar-refractivity contribution is 7.13. The number of rotatable bonds is 5. The number of hydrogen-bond donors (Lipinski definition) is 0. The van der Waals surface area contributed by atoms with E-state index in [-0.39, 0.29) is 18.4 Å². The number of anilines is 1. The number of likely N-dealkylation sites (tertiary alicyclic amines) is 1. The number of benzene rings is 1. The standard InChI is InChI=1S/C25H26N4O3S/c1-2-21-25(31)29(15-23(30)28-12-6-3-7-13-28)20-14-17(9-10-22(20)32-21)19-16-33-24(27-19)18-8-4-5-11-26-18/h4-5,8-11,14,16,21H,2-3,6-7,12-13,15H2,1H3. The number of ether oxygens (including phenoxy) is 1. The van der Waals surface area contributed by atoms with Crippen LogP contribution in [0.15, 0.2) is 48.0 Å². The van der Waals surface area contributed by atoms with Crippen molar-refractivity contribution in [3.63, 3.8) is 0 Å². The molecule has 1 saturated heterocycles. The van der Waals surface area contributed by atoms with Crippen molar-refractivity contribution < 1.29 is 14.3 Å². The molecule has 0 radical (unpaired) electrons. The van der Waals surface area contributed by atoms with E-state index in [0.29, 0.717) is 17.9 Å². The van der Waals surface area contributed by atoms with Crippen LogP contribution in [0.1, 0.15) is 32.6 Å². The van der Waals surface area contributed by atoms with Crippen LogP contribution >= 0.6 is 11.3 Å². The van der Waals surface area contributed by atoms with E-state index in [1.165, 1.54) is 11.3 Å². The number of carbonyl (C=O) groups excluding carboxylic acids is 2. The second-order valence-corrected chi connectivity index (χ2v) is 9.17. The summed E-state index contributed by atoms with van der Waals surface area (Å²) < 4.78 is 5.97. The Morgan fingerprint density at radius 3 is 2.76 bits per heavy atom. The van der Waals surface area contributed by atoms with Gasteiger partial charge in [-0.25, -0.2) is 4.98 Å². The van der Waals surface area contributed by atoms with Gasteiger partial charge in [-0.1, -0.05) is 13.0 Å². The molecule has 2 amide bonds. The normalized spacial score (nSPS) is 18.1. The molecule has 2 aliphatic rings. The molecule has 5 rings (SSSR count). The molecule has 1 fully saturated rings. The molecule has 0 bridgehead atoms. The molecule has 1 unspecified atom stereocenters.